The van der Waals surface area contributed by atoms with Gasteiger partial charge in [-0.05, 0) is 19.1 Å². The number of fused-ring (bicyclic) bond motifs is 2. The number of aromatic nitrogens is 3. The third-order valence-electron chi connectivity index (χ3n) is 6.49. The van der Waals surface area contributed by atoms with E-state index in [1.165, 1.54) is 16.8 Å². The second-order valence-electron chi connectivity index (χ2n) is 9.08. The smallest absolute Gasteiger partial charge is 0.274 e. The minimum atomic E-state index is -1.91. The summed E-state index contributed by atoms with van der Waals surface area (Å²) in [6, 6.07) is 6.44. The molecule has 0 atom stereocenters. The van der Waals surface area contributed by atoms with Gasteiger partial charge in [0.05, 0.1) is 6.61 Å². The molecule has 0 aliphatic carbocycles. The molecule has 0 bridgehead atoms. The molecular weight excluding hydrogens is 456 g/mol. The highest BCUT2D eigenvalue weighted by Crippen LogP contribution is 2.41. The minimum Gasteiger partial charge on any atom is -0.501 e. The number of benzene rings is 1. The zero-order valence-corrected chi connectivity index (χ0v) is 20.1. The molecule has 176 valence electrons. The van der Waals surface area contributed by atoms with E-state index in [1.807, 2.05) is 6.92 Å². The van der Waals surface area contributed by atoms with Crippen LogP contribution in [0.15, 0.2) is 35.3 Å². The van der Waals surface area contributed by atoms with Gasteiger partial charge in [0.1, 0.15) is 43.2 Å². The van der Waals surface area contributed by atoms with E-state index < -0.39 is 10.8 Å². The lowest BCUT2D eigenvalue weighted by Gasteiger charge is -2.48. The van der Waals surface area contributed by atoms with Gasteiger partial charge in [-0.3, -0.25) is 4.79 Å². The third kappa shape index (κ3) is 4.34. The lowest BCUT2D eigenvalue weighted by Crippen LogP contribution is -2.65. The Hall–Kier alpha value is -3.07. The molecule has 3 aromatic rings. The monoisotopic (exact) mass is 478 g/mol. The van der Waals surface area contributed by atoms with Gasteiger partial charge in [0.25, 0.3) is 5.56 Å². The van der Waals surface area contributed by atoms with Crippen LogP contribution in [-0.2, 0) is 11.3 Å². The van der Waals surface area contributed by atoms with Gasteiger partial charge in [0.2, 0.25) is 0 Å². The standard InChI is InChI=1S/C23H22B4N4O5/c1-13-16(12-33-2)21(29-31-19(32)5-8-28-20(13)31)30-9-6-14(7-10-30)34-15-3-4-17-18(11-15)36-23(26,27)22(24,25)35-17/h3-5,8,11,14H,6-7,9-10,12H2,1-2H3. The Kier molecular flexibility index (Phi) is 6.22. The van der Waals surface area contributed by atoms with E-state index in [1.54, 1.807) is 25.3 Å². The van der Waals surface area contributed by atoms with Gasteiger partial charge in [-0.2, -0.15) is 4.52 Å². The van der Waals surface area contributed by atoms with Crippen molar-refractivity contribution in [2.75, 3.05) is 25.1 Å². The first-order valence-corrected chi connectivity index (χ1v) is 11.6. The maximum Gasteiger partial charge on any atom is 0.274 e. The summed E-state index contributed by atoms with van der Waals surface area (Å²) in [4.78, 5) is 18.9. The van der Waals surface area contributed by atoms with Crippen molar-refractivity contribution in [2.24, 2.45) is 0 Å². The number of methoxy groups -OCH3 is 1. The van der Waals surface area contributed by atoms with Crippen molar-refractivity contribution in [3.63, 3.8) is 0 Å². The Labute approximate surface area is 214 Å². The highest BCUT2D eigenvalue weighted by molar-refractivity contribution is 6.53. The first kappa shape index (κ1) is 24.6. The van der Waals surface area contributed by atoms with Gasteiger partial charge in [0.15, 0.2) is 23.0 Å². The molecule has 8 radical (unpaired) electrons. The molecule has 2 aliphatic rings. The molecule has 0 unspecified atom stereocenters. The van der Waals surface area contributed by atoms with Crippen molar-refractivity contribution >= 4 is 42.9 Å². The second-order valence-corrected chi connectivity index (χ2v) is 9.08. The highest BCUT2D eigenvalue weighted by atomic mass is 16.6. The van der Waals surface area contributed by atoms with E-state index in [2.05, 4.69) is 15.0 Å². The summed E-state index contributed by atoms with van der Waals surface area (Å²) in [6.07, 6.45) is 2.90. The molecule has 13 heteroatoms. The topological polar surface area (TPSA) is 87.4 Å². The van der Waals surface area contributed by atoms with Gasteiger partial charge in [-0.25, -0.2) is 4.98 Å². The highest BCUT2D eigenvalue weighted by Gasteiger charge is 2.43. The van der Waals surface area contributed by atoms with Crippen LogP contribution in [0.3, 0.4) is 0 Å². The second kappa shape index (κ2) is 9.10. The molecule has 1 aromatic carbocycles. The lowest BCUT2D eigenvalue weighted by atomic mass is 9.41. The van der Waals surface area contributed by atoms with Crippen LogP contribution in [0, 0.1) is 6.92 Å². The zero-order valence-electron chi connectivity index (χ0n) is 20.1. The fourth-order valence-electron chi connectivity index (χ4n) is 4.41. The Bertz CT molecular complexity index is 1360. The largest absolute Gasteiger partial charge is 0.501 e. The number of anilines is 1. The predicted octanol–water partition coefficient (Wildman–Crippen LogP) is 0.345. The summed E-state index contributed by atoms with van der Waals surface area (Å²) < 4.78 is 24.0. The summed E-state index contributed by atoms with van der Waals surface area (Å²) in [5.41, 5.74) is 2.06. The van der Waals surface area contributed by atoms with Crippen LogP contribution in [-0.4, -0.2) is 83.1 Å². The summed E-state index contributed by atoms with van der Waals surface area (Å²) in [5.74, 6) is 1.90. The molecule has 2 aromatic heterocycles. The molecule has 0 N–H and O–H groups in total. The van der Waals surface area contributed by atoms with E-state index in [0.29, 0.717) is 48.4 Å². The van der Waals surface area contributed by atoms with Crippen LogP contribution in [0.4, 0.5) is 5.82 Å². The molecule has 0 amide bonds. The molecule has 2 aliphatic heterocycles. The maximum atomic E-state index is 12.4. The lowest BCUT2D eigenvalue weighted by molar-refractivity contribution is 0.0609. The van der Waals surface area contributed by atoms with Gasteiger partial charge < -0.3 is 23.8 Å². The van der Waals surface area contributed by atoms with Gasteiger partial charge in [-0.1, -0.05) is 0 Å². The maximum absolute atomic E-state index is 12.4. The average molecular weight is 478 g/mol. The van der Waals surface area contributed by atoms with Crippen LogP contribution in [0.5, 0.6) is 17.2 Å². The van der Waals surface area contributed by atoms with Crippen molar-refractivity contribution in [3.05, 3.63) is 51.9 Å². The molecule has 36 heavy (non-hydrogen) atoms. The number of nitrogens with zero attached hydrogens (tertiary/aromatic N) is 4. The van der Waals surface area contributed by atoms with E-state index in [4.69, 9.17) is 50.3 Å². The molecule has 0 spiro atoms. The molecule has 5 rings (SSSR count). The number of hydrogen-bond donors (Lipinski definition) is 0. The number of hydrogen-bond acceptors (Lipinski definition) is 8. The molecule has 4 heterocycles. The number of rotatable bonds is 5. The van der Waals surface area contributed by atoms with Crippen LogP contribution >= 0.6 is 0 Å². The van der Waals surface area contributed by atoms with Crippen LogP contribution < -0.4 is 24.7 Å². The average Bonchev–Trinajstić information content (AvgIpc) is 2.82. The fourth-order valence-corrected chi connectivity index (χ4v) is 4.41. The van der Waals surface area contributed by atoms with Crippen LogP contribution in [0.2, 0.25) is 0 Å². The number of ether oxygens (including phenoxy) is 4. The first-order valence-electron chi connectivity index (χ1n) is 11.6. The normalized spacial score (nSPS) is 18.8. The Morgan fingerprint density at radius 1 is 1.08 bits per heavy atom. The summed E-state index contributed by atoms with van der Waals surface area (Å²) in [7, 11) is 25.0. The van der Waals surface area contributed by atoms with Crippen LogP contribution in [0.25, 0.3) is 5.65 Å². The van der Waals surface area contributed by atoms with E-state index in [0.717, 1.165) is 24.0 Å². The quantitative estimate of drug-likeness (QED) is 0.487. The summed E-state index contributed by atoms with van der Waals surface area (Å²) >= 11 is 0. The van der Waals surface area contributed by atoms with E-state index in [9.17, 15) is 4.79 Å². The molecule has 1 fully saturated rings. The molecular formula is C23H22B4N4O5. The van der Waals surface area contributed by atoms with Crippen molar-refractivity contribution in [1.29, 1.82) is 0 Å². The predicted molar refractivity (Wildman–Crippen MR) is 137 cm³/mol. The van der Waals surface area contributed by atoms with Gasteiger partial charge in [-0.15, -0.1) is 5.10 Å². The van der Waals surface area contributed by atoms with E-state index >= 15 is 0 Å². The Morgan fingerprint density at radius 3 is 2.47 bits per heavy atom. The minimum absolute atomic E-state index is 0.0516. The molecule has 0 saturated carbocycles. The zero-order chi connectivity index (χ0) is 25.7. The Morgan fingerprint density at radius 2 is 1.78 bits per heavy atom. The Balaban J connectivity index is 1.32. The number of piperidine rings is 1. The molecule has 1 saturated heterocycles. The molecule has 9 nitrogen and oxygen atoms in total. The van der Waals surface area contributed by atoms with Crippen molar-refractivity contribution in [2.45, 2.75) is 43.3 Å². The third-order valence-corrected chi connectivity index (χ3v) is 6.49. The van der Waals surface area contributed by atoms with Crippen molar-refractivity contribution in [1.82, 2.24) is 14.6 Å². The summed E-state index contributed by atoms with van der Waals surface area (Å²) in [6.45, 7) is 3.64. The number of aryl methyl sites for hydroxylation is 1. The SMILES string of the molecule is [B]C1([B])Oc2ccc(OC3CCN(c4nn5c(=O)ccnc5c(C)c4COC)CC3)cc2OC1([B])[B]. The van der Waals surface area contributed by atoms with E-state index in [-0.39, 0.29) is 11.7 Å². The fraction of sp³-hybridized carbons (Fsp3) is 0.435. The van der Waals surface area contributed by atoms with Crippen LogP contribution in [0.1, 0.15) is 24.0 Å². The van der Waals surface area contributed by atoms with Crippen molar-refractivity contribution < 1.29 is 18.9 Å². The first-order chi connectivity index (χ1) is 17.1. The summed E-state index contributed by atoms with van der Waals surface area (Å²) in [5, 5.41) is 0.840. The van der Waals surface area contributed by atoms with Gasteiger partial charge in [0, 0.05) is 73.3 Å². The van der Waals surface area contributed by atoms with Gasteiger partial charge >= 0.3 is 0 Å². The van der Waals surface area contributed by atoms with Crippen molar-refractivity contribution in [3.8, 4) is 17.2 Å².